The van der Waals surface area contributed by atoms with Gasteiger partial charge in [-0.05, 0) is 36.6 Å². The molecule has 5 heteroatoms. The molecule has 0 saturated heterocycles. The number of thiophene rings is 1. The van der Waals surface area contributed by atoms with E-state index >= 15 is 0 Å². The molecule has 0 aliphatic carbocycles. The first-order valence-corrected chi connectivity index (χ1v) is 6.20. The van der Waals surface area contributed by atoms with E-state index in [1.807, 2.05) is 11.4 Å². The Bertz CT molecular complexity index is 737. The van der Waals surface area contributed by atoms with Crippen LogP contribution in [0.1, 0.15) is 5.82 Å². The molecule has 2 nitrogen and oxygen atoms in total. The van der Waals surface area contributed by atoms with Gasteiger partial charge in [0.2, 0.25) is 0 Å². The number of rotatable bonds is 1. The summed E-state index contributed by atoms with van der Waals surface area (Å²) in [5, 5.41) is 1.90. The molecule has 2 heterocycles. The van der Waals surface area contributed by atoms with Gasteiger partial charge in [0.1, 0.15) is 5.82 Å². The predicted octanol–water partition coefficient (Wildman–Crippen LogP) is 3.94. The van der Waals surface area contributed by atoms with E-state index in [1.165, 1.54) is 17.4 Å². The summed E-state index contributed by atoms with van der Waals surface area (Å²) in [7, 11) is 0. The monoisotopic (exact) mass is 262 g/mol. The third-order valence-corrected chi connectivity index (χ3v) is 3.52. The van der Waals surface area contributed by atoms with E-state index in [0.29, 0.717) is 17.1 Å². The first-order chi connectivity index (χ1) is 8.65. The minimum Gasteiger partial charge on any atom is -0.232 e. The van der Waals surface area contributed by atoms with Crippen molar-refractivity contribution in [3.05, 3.63) is 47.1 Å². The van der Waals surface area contributed by atoms with E-state index in [2.05, 4.69) is 9.97 Å². The third kappa shape index (κ3) is 1.76. The highest BCUT2D eigenvalue weighted by Crippen LogP contribution is 2.30. The van der Waals surface area contributed by atoms with Crippen LogP contribution in [-0.2, 0) is 0 Å². The zero-order chi connectivity index (χ0) is 12.7. The highest BCUT2D eigenvalue weighted by atomic mass is 32.1. The van der Waals surface area contributed by atoms with Gasteiger partial charge >= 0.3 is 0 Å². The van der Waals surface area contributed by atoms with Crippen molar-refractivity contribution >= 4 is 21.6 Å². The molecule has 18 heavy (non-hydrogen) atoms. The van der Waals surface area contributed by atoms with Crippen LogP contribution in [0.25, 0.3) is 21.5 Å². The second-order valence-electron chi connectivity index (χ2n) is 3.88. The predicted molar refractivity (Wildman–Crippen MR) is 67.5 cm³/mol. The molecule has 3 aromatic rings. The summed E-state index contributed by atoms with van der Waals surface area (Å²) in [5.74, 6) is -1.11. The van der Waals surface area contributed by atoms with Gasteiger partial charge in [-0.1, -0.05) is 0 Å². The summed E-state index contributed by atoms with van der Waals surface area (Å²) in [6.07, 6.45) is 0. The number of hydrogen-bond acceptors (Lipinski definition) is 3. The van der Waals surface area contributed by atoms with Crippen molar-refractivity contribution in [2.45, 2.75) is 6.92 Å². The molecular formula is C13H8F2N2S. The number of benzene rings is 1. The Hall–Kier alpha value is -1.88. The van der Waals surface area contributed by atoms with Crippen LogP contribution in [0.4, 0.5) is 8.78 Å². The zero-order valence-corrected chi connectivity index (χ0v) is 10.3. The van der Waals surface area contributed by atoms with Gasteiger partial charge in [0, 0.05) is 5.56 Å². The number of aryl methyl sites for hydroxylation is 1. The summed E-state index contributed by atoms with van der Waals surface area (Å²) in [5.41, 5.74) is 2.03. The van der Waals surface area contributed by atoms with Crippen LogP contribution < -0.4 is 0 Å². The van der Waals surface area contributed by atoms with E-state index < -0.39 is 11.6 Å². The van der Waals surface area contributed by atoms with Crippen molar-refractivity contribution in [3.63, 3.8) is 0 Å². The number of fused-ring (bicyclic) bond motifs is 1. The lowest BCUT2D eigenvalue weighted by Gasteiger charge is -2.04. The average molecular weight is 262 g/mol. The van der Waals surface area contributed by atoms with Crippen molar-refractivity contribution in [1.82, 2.24) is 9.97 Å². The van der Waals surface area contributed by atoms with Gasteiger partial charge in [0.15, 0.2) is 11.6 Å². The SMILES string of the molecule is Cc1nc(-c2ccc(F)c(F)c2)c2sccc2n1. The molecule has 2 aromatic heterocycles. The Labute approximate surface area is 106 Å². The molecule has 1 aromatic carbocycles. The van der Waals surface area contributed by atoms with Gasteiger partial charge in [-0.2, -0.15) is 0 Å². The average Bonchev–Trinajstić information content (AvgIpc) is 2.79. The lowest BCUT2D eigenvalue weighted by molar-refractivity contribution is 0.509. The van der Waals surface area contributed by atoms with E-state index in [1.54, 1.807) is 6.92 Å². The Morgan fingerprint density at radius 3 is 2.67 bits per heavy atom. The van der Waals surface area contributed by atoms with Gasteiger partial charge in [0.05, 0.1) is 15.9 Å². The molecular weight excluding hydrogens is 254 g/mol. The molecule has 90 valence electrons. The van der Waals surface area contributed by atoms with Crippen LogP contribution in [-0.4, -0.2) is 9.97 Å². The van der Waals surface area contributed by atoms with E-state index in [-0.39, 0.29) is 0 Å². The van der Waals surface area contributed by atoms with Crippen LogP contribution >= 0.6 is 11.3 Å². The van der Waals surface area contributed by atoms with Gasteiger partial charge in [-0.3, -0.25) is 0 Å². The Kier molecular flexibility index (Phi) is 2.56. The summed E-state index contributed by atoms with van der Waals surface area (Å²) >= 11 is 1.49. The molecule has 0 unspecified atom stereocenters. The lowest BCUT2D eigenvalue weighted by atomic mass is 10.1. The summed E-state index contributed by atoms with van der Waals surface area (Å²) < 4.78 is 27.1. The van der Waals surface area contributed by atoms with Crippen molar-refractivity contribution in [1.29, 1.82) is 0 Å². The Balaban J connectivity index is 2.30. The fraction of sp³-hybridized carbons (Fsp3) is 0.0769. The van der Waals surface area contributed by atoms with Crippen LogP contribution in [0.3, 0.4) is 0 Å². The molecule has 0 N–H and O–H groups in total. The molecule has 3 rings (SSSR count). The first-order valence-electron chi connectivity index (χ1n) is 5.32. The first kappa shape index (κ1) is 11.2. The highest BCUT2D eigenvalue weighted by molar-refractivity contribution is 7.17. The maximum atomic E-state index is 13.3. The standard InChI is InChI=1S/C13H8F2N2S/c1-7-16-11-4-5-18-13(11)12(17-7)8-2-3-9(14)10(15)6-8/h2-6H,1H3. The van der Waals surface area contributed by atoms with Crippen molar-refractivity contribution < 1.29 is 8.78 Å². The van der Waals surface area contributed by atoms with E-state index in [0.717, 1.165) is 22.3 Å². The smallest absolute Gasteiger partial charge is 0.159 e. The fourth-order valence-corrected chi connectivity index (χ4v) is 2.66. The third-order valence-electron chi connectivity index (χ3n) is 2.61. The molecule has 0 amide bonds. The maximum absolute atomic E-state index is 13.3. The van der Waals surface area contributed by atoms with Crippen molar-refractivity contribution in [2.75, 3.05) is 0 Å². The molecule has 0 aliphatic heterocycles. The highest BCUT2D eigenvalue weighted by Gasteiger charge is 2.11. The molecule has 0 atom stereocenters. The minimum atomic E-state index is -0.867. The van der Waals surface area contributed by atoms with Gasteiger partial charge < -0.3 is 0 Å². The molecule has 0 radical (unpaired) electrons. The second-order valence-corrected chi connectivity index (χ2v) is 4.80. The second kappa shape index (κ2) is 4.10. The largest absolute Gasteiger partial charge is 0.232 e. The Morgan fingerprint density at radius 2 is 1.89 bits per heavy atom. The minimum absolute atomic E-state index is 0.562. The van der Waals surface area contributed by atoms with Crippen LogP contribution in [0, 0.1) is 18.6 Å². The molecule has 0 fully saturated rings. The summed E-state index contributed by atoms with van der Waals surface area (Å²) in [6, 6.07) is 5.69. The molecule has 0 bridgehead atoms. The van der Waals surface area contributed by atoms with Crippen LogP contribution in [0.5, 0.6) is 0 Å². The fourth-order valence-electron chi connectivity index (χ4n) is 1.82. The van der Waals surface area contributed by atoms with Crippen LogP contribution in [0.15, 0.2) is 29.6 Å². The van der Waals surface area contributed by atoms with Gasteiger partial charge in [-0.15, -0.1) is 11.3 Å². The summed E-state index contributed by atoms with van der Waals surface area (Å²) in [6.45, 7) is 1.78. The number of hydrogen-bond donors (Lipinski definition) is 0. The van der Waals surface area contributed by atoms with Crippen molar-refractivity contribution in [3.8, 4) is 11.3 Å². The maximum Gasteiger partial charge on any atom is 0.159 e. The normalized spacial score (nSPS) is 11.1. The number of aromatic nitrogens is 2. The zero-order valence-electron chi connectivity index (χ0n) is 9.45. The van der Waals surface area contributed by atoms with Gasteiger partial charge in [-0.25, -0.2) is 18.7 Å². The molecule has 0 aliphatic rings. The van der Waals surface area contributed by atoms with Crippen molar-refractivity contribution in [2.24, 2.45) is 0 Å². The summed E-state index contributed by atoms with van der Waals surface area (Å²) in [4.78, 5) is 8.62. The number of halogens is 2. The Morgan fingerprint density at radius 1 is 1.06 bits per heavy atom. The van der Waals surface area contributed by atoms with Gasteiger partial charge in [0.25, 0.3) is 0 Å². The van der Waals surface area contributed by atoms with Crippen LogP contribution in [0.2, 0.25) is 0 Å². The van der Waals surface area contributed by atoms with E-state index in [4.69, 9.17) is 0 Å². The lowest BCUT2D eigenvalue weighted by Crippen LogP contribution is -1.93. The quantitative estimate of drug-likeness (QED) is 0.663. The topological polar surface area (TPSA) is 25.8 Å². The molecule has 0 saturated carbocycles. The number of nitrogens with zero attached hydrogens (tertiary/aromatic N) is 2. The molecule has 0 spiro atoms. The van der Waals surface area contributed by atoms with E-state index in [9.17, 15) is 8.78 Å².